The lowest BCUT2D eigenvalue weighted by Gasteiger charge is -2.13. The number of nitro groups is 1. The summed E-state index contributed by atoms with van der Waals surface area (Å²) in [5.74, 6) is -0.321. The van der Waals surface area contributed by atoms with Crippen LogP contribution in [0.4, 0.5) is 11.4 Å². The minimum atomic E-state index is -0.538. The molecule has 0 aliphatic rings. The molecule has 2 heterocycles. The summed E-state index contributed by atoms with van der Waals surface area (Å²) in [7, 11) is 0. The standard InChI is InChI=1S/C17H15ClN4O3S2/c1-8-9(2)26-16-14(8)17(20-7-19-16)27-10(3)15(23)21-13-6-11(22(24)25)4-5-12(13)18/h4-7,10H,1-3H3,(H,21,23). The number of rotatable bonds is 5. The first-order valence-corrected chi connectivity index (χ1v) is 9.97. The molecule has 1 atom stereocenters. The van der Waals surface area contributed by atoms with Gasteiger partial charge in [0.05, 0.1) is 20.9 Å². The molecular formula is C17H15ClN4O3S2. The Kier molecular flexibility index (Phi) is 5.64. The van der Waals surface area contributed by atoms with Gasteiger partial charge in [-0.1, -0.05) is 23.4 Å². The Hall–Kier alpha value is -2.23. The number of aryl methyl sites for hydroxylation is 2. The third-order valence-corrected chi connectivity index (χ3v) is 6.55. The SMILES string of the molecule is Cc1sc2ncnc(SC(C)C(=O)Nc3cc([N+](=O)[O-])ccc3Cl)c2c1C. The van der Waals surface area contributed by atoms with Gasteiger partial charge >= 0.3 is 0 Å². The lowest BCUT2D eigenvalue weighted by atomic mass is 10.2. The highest BCUT2D eigenvalue weighted by Crippen LogP contribution is 2.36. The van der Waals surface area contributed by atoms with E-state index in [2.05, 4.69) is 15.3 Å². The van der Waals surface area contributed by atoms with Crippen molar-refractivity contribution in [2.75, 3.05) is 5.32 Å². The number of nitrogens with zero attached hydrogens (tertiary/aromatic N) is 3. The Balaban J connectivity index is 1.81. The molecule has 10 heteroatoms. The molecule has 1 amide bonds. The fourth-order valence-electron chi connectivity index (χ4n) is 2.42. The number of thioether (sulfide) groups is 1. The van der Waals surface area contributed by atoms with Crippen LogP contribution in [0, 0.1) is 24.0 Å². The van der Waals surface area contributed by atoms with E-state index in [0.717, 1.165) is 25.7 Å². The van der Waals surface area contributed by atoms with Crippen LogP contribution in [0.25, 0.3) is 10.2 Å². The first-order chi connectivity index (χ1) is 12.8. The number of hydrogen-bond donors (Lipinski definition) is 1. The largest absolute Gasteiger partial charge is 0.324 e. The lowest BCUT2D eigenvalue weighted by molar-refractivity contribution is -0.384. The van der Waals surface area contributed by atoms with E-state index in [1.807, 2.05) is 13.8 Å². The number of amides is 1. The molecule has 0 saturated carbocycles. The van der Waals surface area contributed by atoms with Crippen LogP contribution in [0.5, 0.6) is 0 Å². The van der Waals surface area contributed by atoms with Gasteiger partial charge in [-0.3, -0.25) is 14.9 Å². The van der Waals surface area contributed by atoms with Crippen LogP contribution in [0.2, 0.25) is 5.02 Å². The summed E-state index contributed by atoms with van der Waals surface area (Å²) in [5.41, 5.74) is 1.17. The molecular weight excluding hydrogens is 408 g/mol. The van der Waals surface area contributed by atoms with Gasteiger partial charge in [0.25, 0.3) is 5.69 Å². The van der Waals surface area contributed by atoms with Crippen LogP contribution >= 0.6 is 34.7 Å². The second-order valence-electron chi connectivity index (χ2n) is 5.81. The molecule has 0 aliphatic heterocycles. The number of benzene rings is 1. The van der Waals surface area contributed by atoms with Crippen molar-refractivity contribution in [3.8, 4) is 0 Å². The molecule has 27 heavy (non-hydrogen) atoms. The Morgan fingerprint density at radius 1 is 1.37 bits per heavy atom. The van der Waals surface area contributed by atoms with Crippen molar-refractivity contribution >= 4 is 62.2 Å². The number of non-ortho nitro benzene ring substituents is 1. The third kappa shape index (κ3) is 4.05. The highest BCUT2D eigenvalue weighted by Gasteiger charge is 2.21. The van der Waals surface area contributed by atoms with Crippen LogP contribution in [0.15, 0.2) is 29.6 Å². The maximum Gasteiger partial charge on any atom is 0.271 e. The van der Waals surface area contributed by atoms with Gasteiger partial charge in [-0.2, -0.15) is 0 Å². The number of nitrogens with one attached hydrogen (secondary N) is 1. The summed E-state index contributed by atoms with van der Waals surface area (Å²) in [6.07, 6.45) is 1.49. The molecule has 140 valence electrons. The topological polar surface area (TPSA) is 98.0 Å². The fourth-order valence-corrected chi connectivity index (χ4v) is 4.62. The van der Waals surface area contributed by atoms with E-state index in [1.165, 1.54) is 36.3 Å². The van der Waals surface area contributed by atoms with Crippen LogP contribution in [0.1, 0.15) is 17.4 Å². The van der Waals surface area contributed by atoms with E-state index in [1.54, 1.807) is 18.3 Å². The van der Waals surface area contributed by atoms with Crippen LogP contribution in [-0.4, -0.2) is 26.0 Å². The number of carbonyl (C=O) groups excluding carboxylic acids is 1. The van der Waals surface area contributed by atoms with Gasteiger partial charge in [-0.15, -0.1) is 11.3 Å². The molecule has 0 saturated heterocycles. The van der Waals surface area contributed by atoms with E-state index in [4.69, 9.17) is 11.6 Å². The monoisotopic (exact) mass is 422 g/mol. The Bertz CT molecular complexity index is 1050. The molecule has 0 aliphatic carbocycles. The first kappa shape index (κ1) is 19.5. The molecule has 0 fully saturated rings. The van der Waals surface area contributed by atoms with Crippen molar-refractivity contribution in [3.05, 3.63) is 50.1 Å². The molecule has 7 nitrogen and oxygen atoms in total. The Morgan fingerprint density at radius 2 is 2.11 bits per heavy atom. The van der Waals surface area contributed by atoms with E-state index in [0.29, 0.717) is 0 Å². The number of fused-ring (bicyclic) bond motifs is 1. The summed E-state index contributed by atoms with van der Waals surface area (Å²) >= 11 is 8.95. The minimum Gasteiger partial charge on any atom is -0.324 e. The Morgan fingerprint density at radius 3 is 2.81 bits per heavy atom. The van der Waals surface area contributed by atoms with E-state index < -0.39 is 10.2 Å². The van der Waals surface area contributed by atoms with E-state index in [-0.39, 0.29) is 22.3 Å². The molecule has 1 unspecified atom stereocenters. The van der Waals surface area contributed by atoms with Crippen LogP contribution in [0.3, 0.4) is 0 Å². The van der Waals surface area contributed by atoms with E-state index in [9.17, 15) is 14.9 Å². The molecule has 1 N–H and O–H groups in total. The maximum absolute atomic E-state index is 12.6. The smallest absolute Gasteiger partial charge is 0.271 e. The van der Waals surface area contributed by atoms with Crippen molar-refractivity contribution in [1.29, 1.82) is 0 Å². The average Bonchev–Trinajstić information content (AvgIpc) is 2.91. The highest BCUT2D eigenvalue weighted by molar-refractivity contribution is 8.00. The number of anilines is 1. The summed E-state index contributed by atoms with van der Waals surface area (Å²) in [4.78, 5) is 33.6. The number of thiophene rings is 1. The molecule has 1 aromatic carbocycles. The molecule has 3 rings (SSSR count). The molecule has 0 radical (unpaired) electrons. The zero-order chi connectivity index (χ0) is 19.7. The fraction of sp³-hybridized carbons (Fsp3) is 0.235. The molecule has 3 aromatic rings. The number of carbonyl (C=O) groups is 1. The summed E-state index contributed by atoms with van der Waals surface area (Å²) in [6, 6.07) is 3.92. The van der Waals surface area contributed by atoms with Gasteiger partial charge in [0.15, 0.2) is 0 Å². The second-order valence-corrected chi connectivity index (χ2v) is 8.75. The number of hydrogen-bond acceptors (Lipinski definition) is 7. The number of aromatic nitrogens is 2. The zero-order valence-electron chi connectivity index (χ0n) is 14.6. The average molecular weight is 423 g/mol. The quantitative estimate of drug-likeness (QED) is 0.269. The van der Waals surface area contributed by atoms with Gasteiger partial charge in [0.2, 0.25) is 5.91 Å². The van der Waals surface area contributed by atoms with E-state index >= 15 is 0 Å². The van der Waals surface area contributed by atoms with Gasteiger partial charge in [0.1, 0.15) is 16.2 Å². The maximum atomic E-state index is 12.6. The second kappa shape index (κ2) is 7.79. The summed E-state index contributed by atoms with van der Waals surface area (Å²) in [5, 5.41) is 15.0. The molecule has 2 aromatic heterocycles. The zero-order valence-corrected chi connectivity index (χ0v) is 17.0. The Labute approximate surface area is 168 Å². The van der Waals surface area contributed by atoms with Crippen molar-refractivity contribution in [2.24, 2.45) is 0 Å². The van der Waals surface area contributed by atoms with Crippen LogP contribution < -0.4 is 5.32 Å². The van der Waals surface area contributed by atoms with Crippen molar-refractivity contribution in [2.45, 2.75) is 31.0 Å². The lowest BCUT2D eigenvalue weighted by Crippen LogP contribution is -2.22. The van der Waals surface area contributed by atoms with Crippen LogP contribution in [-0.2, 0) is 4.79 Å². The minimum absolute atomic E-state index is 0.142. The summed E-state index contributed by atoms with van der Waals surface area (Å²) < 4.78 is 0. The van der Waals surface area contributed by atoms with Crippen molar-refractivity contribution in [1.82, 2.24) is 9.97 Å². The normalized spacial score (nSPS) is 12.1. The van der Waals surface area contributed by atoms with Gasteiger partial charge in [-0.05, 0) is 32.4 Å². The van der Waals surface area contributed by atoms with Gasteiger partial charge in [-0.25, -0.2) is 9.97 Å². The number of nitro benzene ring substituents is 1. The van der Waals surface area contributed by atoms with Gasteiger partial charge in [0, 0.05) is 22.4 Å². The predicted octanol–water partition coefficient (Wildman–Crippen LogP) is 4.99. The predicted molar refractivity (Wildman–Crippen MR) is 109 cm³/mol. The number of halogens is 1. The first-order valence-electron chi connectivity index (χ1n) is 7.90. The third-order valence-electron chi connectivity index (χ3n) is 4.01. The van der Waals surface area contributed by atoms with Gasteiger partial charge < -0.3 is 5.32 Å². The molecule has 0 bridgehead atoms. The van der Waals surface area contributed by atoms with Crippen molar-refractivity contribution < 1.29 is 9.72 Å². The highest BCUT2D eigenvalue weighted by atomic mass is 35.5. The molecule has 0 spiro atoms. The summed E-state index contributed by atoms with van der Waals surface area (Å²) in [6.45, 7) is 5.78. The van der Waals surface area contributed by atoms with Crippen molar-refractivity contribution in [3.63, 3.8) is 0 Å².